The van der Waals surface area contributed by atoms with Crippen molar-refractivity contribution < 1.29 is 5.11 Å². The first-order valence-corrected chi connectivity index (χ1v) is 6.00. The Hall–Kier alpha value is -1.39. The highest BCUT2D eigenvalue weighted by atomic mass is 16.3. The summed E-state index contributed by atoms with van der Waals surface area (Å²) in [5.41, 5.74) is 3.30. The fourth-order valence-electron chi connectivity index (χ4n) is 2.66. The van der Waals surface area contributed by atoms with Gasteiger partial charge in [-0.25, -0.2) is 4.98 Å². The highest BCUT2D eigenvalue weighted by Gasteiger charge is 2.48. The van der Waals surface area contributed by atoms with Gasteiger partial charge in [0.15, 0.2) is 0 Å². The number of aliphatic hydroxyl groups excluding tert-OH is 1. The van der Waals surface area contributed by atoms with Crippen LogP contribution >= 0.6 is 0 Å². The Balaban J connectivity index is 2.00. The summed E-state index contributed by atoms with van der Waals surface area (Å²) in [6.07, 6.45) is 3.90. The number of nitrogens with one attached hydrogen (secondary N) is 2. The van der Waals surface area contributed by atoms with Crippen LogP contribution in [0.1, 0.15) is 24.4 Å². The van der Waals surface area contributed by atoms with Crippen molar-refractivity contribution in [1.29, 1.82) is 0 Å². The lowest BCUT2D eigenvalue weighted by atomic mass is 9.90. The van der Waals surface area contributed by atoms with Gasteiger partial charge in [-0.15, -0.1) is 0 Å². The molecule has 0 amide bonds. The average Bonchev–Trinajstić information content (AvgIpc) is 3.00. The van der Waals surface area contributed by atoms with Gasteiger partial charge >= 0.3 is 0 Å². The fraction of sp³-hybridized carbons (Fsp3) is 0.462. The maximum Gasteiger partial charge on any atom is 0.0931 e. The van der Waals surface area contributed by atoms with Crippen LogP contribution in [0, 0.1) is 5.41 Å². The number of nitrogens with zero attached hydrogens (tertiary/aromatic N) is 1. The molecule has 1 saturated carbocycles. The first-order chi connectivity index (χ1) is 8.29. The Morgan fingerprint density at radius 3 is 3.00 bits per heavy atom. The quantitative estimate of drug-likeness (QED) is 0.749. The third-order valence-corrected chi connectivity index (χ3v) is 3.89. The summed E-state index contributed by atoms with van der Waals surface area (Å²) >= 11 is 0. The summed E-state index contributed by atoms with van der Waals surface area (Å²) in [4.78, 5) is 7.34. The number of fused-ring (bicyclic) bond motifs is 1. The monoisotopic (exact) mass is 231 g/mol. The van der Waals surface area contributed by atoms with Crippen LogP contribution in [0.25, 0.3) is 11.0 Å². The molecule has 17 heavy (non-hydrogen) atoms. The normalized spacial score (nSPS) is 19.4. The Kier molecular flexibility index (Phi) is 2.42. The first kappa shape index (κ1) is 10.7. The second-order valence-corrected chi connectivity index (χ2v) is 4.92. The lowest BCUT2D eigenvalue weighted by Gasteiger charge is -2.25. The van der Waals surface area contributed by atoms with Crippen molar-refractivity contribution in [3.63, 3.8) is 0 Å². The number of rotatable bonds is 4. The van der Waals surface area contributed by atoms with Crippen molar-refractivity contribution in [2.24, 2.45) is 5.41 Å². The Morgan fingerprint density at radius 1 is 1.53 bits per heavy atom. The molecule has 0 spiro atoms. The Labute approximate surface area is 100 Å². The molecule has 1 aromatic heterocycles. The van der Waals surface area contributed by atoms with Crippen LogP contribution < -0.4 is 5.32 Å². The van der Waals surface area contributed by atoms with Crippen LogP contribution in [0.2, 0.25) is 0 Å². The second kappa shape index (κ2) is 3.82. The van der Waals surface area contributed by atoms with E-state index < -0.39 is 0 Å². The second-order valence-electron chi connectivity index (χ2n) is 4.92. The van der Waals surface area contributed by atoms with Gasteiger partial charge in [0, 0.05) is 11.5 Å². The standard InChI is InChI=1S/C13H17N3O/c1-14-12(13(7-17)4-5-13)9-2-3-10-11(6-9)16-8-15-10/h2-3,6,8,12,14,17H,4-5,7H2,1H3,(H,15,16). The van der Waals surface area contributed by atoms with Gasteiger partial charge in [-0.2, -0.15) is 0 Å². The molecule has 3 N–H and O–H groups in total. The zero-order valence-electron chi connectivity index (χ0n) is 9.90. The van der Waals surface area contributed by atoms with Gasteiger partial charge in [0.2, 0.25) is 0 Å². The largest absolute Gasteiger partial charge is 0.396 e. The number of aromatic amines is 1. The van der Waals surface area contributed by atoms with E-state index in [1.165, 1.54) is 5.56 Å². The van der Waals surface area contributed by atoms with Gasteiger partial charge in [-0.1, -0.05) is 6.07 Å². The molecule has 1 aliphatic rings. The van der Waals surface area contributed by atoms with Crippen LogP contribution in [0.3, 0.4) is 0 Å². The molecule has 90 valence electrons. The summed E-state index contributed by atoms with van der Waals surface area (Å²) in [5, 5.41) is 12.9. The minimum Gasteiger partial charge on any atom is -0.396 e. The average molecular weight is 231 g/mol. The SMILES string of the molecule is CNC(c1ccc2nc[nH]c2c1)C1(CO)CC1. The maximum atomic E-state index is 9.53. The number of H-pyrrole nitrogens is 1. The highest BCUT2D eigenvalue weighted by Crippen LogP contribution is 2.54. The van der Waals surface area contributed by atoms with E-state index in [2.05, 4.69) is 27.4 Å². The van der Waals surface area contributed by atoms with Crippen molar-refractivity contribution in [3.05, 3.63) is 30.1 Å². The van der Waals surface area contributed by atoms with Gasteiger partial charge in [0.25, 0.3) is 0 Å². The van der Waals surface area contributed by atoms with Crippen LogP contribution in [-0.4, -0.2) is 28.7 Å². The molecule has 4 nitrogen and oxygen atoms in total. The van der Waals surface area contributed by atoms with E-state index in [1.807, 2.05) is 13.1 Å². The summed E-state index contributed by atoms with van der Waals surface area (Å²) in [6, 6.07) is 6.47. The number of aromatic nitrogens is 2. The molecular formula is C13H17N3O. The van der Waals surface area contributed by atoms with Crippen molar-refractivity contribution in [2.45, 2.75) is 18.9 Å². The minimum absolute atomic E-state index is 0.0441. The Morgan fingerprint density at radius 2 is 2.35 bits per heavy atom. The molecule has 2 aromatic rings. The number of aliphatic hydroxyl groups is 1. The fourth-order valence-corrected chi connectivity index (χ4v) is 2.66. The molecule has 1 heterocycles. The predicted octanol–water partition coefficient (Wildman–Crippen LogP) is 1.60. The lowest BCUT2D eigenvalue weighted by Crippen LogP contribution is -2.29. The zero-order chi connectivity index (χ0) is 11.9. The van der Waals surface area contributed by atoms with E-state index in [-0.39, 0.29) is 18.1 Å². The van der Waals surface area contributed by atoms with Gasteiger partial charge < -0.3 is 15.4 Å². The predicted molar refractivity (Wildman–Crippen MR) is 66.6 cm³/mol. The van der Waals surface area contributed by atoms with E-state index in [0.29, 0.717) is 0 Å². The molecule has 3 rings (SSSR count). The molecule has 1 aliphatic carbocycles. The van der Waals surface area contributed by atoms with E-state index >= 15 is 0 Å². The van der Waals surface area contributed by atoms with Gasteiger partial charge in [0.1, 0.15) is 0 Å². The van der Waals surface area contributed by atoms with Crippen molar-refractivity contribution in [3.8, 4) is 0 Å². The summed E-state index contributed by atoms with van der Waals surface area (Å²) in [6.45, 7) is 0.250. The zero-order valence-corrected chi connectivity index (χ0v) is 9.90. The number of imidazole rings is 1. The molecule has 0 bridgehead atoms. The molecule has 0 saturated heterocycles. The smallest absolute Gasteiger partial charge is 0.0931 e. The van der Waals surface area contributed by atoms with E-state index in [4.69, 9.17) is 0 Å². The molecule has 4 heteroatoms. The van der Waals surface area contributed by atoms with Crippen LogP contribution in [-0.2, 0) is 0 Å². The highest BCUT2D eigenvalue weighted by molar-refractivity contribution is 5.75. The number of hydrogen-bond donors (Lipinski definition) is 3. The first-order valence-electron chi connectivity index (χ1n) is 6.00. The van der Waals surface area contributed by atoms with Crippen LogP contribution in [0.5, 0.6) is 0 Å². The summed E-state index contributed by atoms with van der Waals surface area (Å²) in [7, 11) is 1.96. The van der Waals surface area contributed by atoms with Gasteiger partial charge in [0.05, 0.1) is 24.0 Å². The maximum absolute atomic E-state index is 9.53. The van der Waals surface area contributed by atoms with Crippen molar-refractivity contribution >= 4 is 11.0 Å². The van der Waals surface area contributed by atoms with E-state index in [0.717, 1.165) is 23.9 Å². The molecule has 1 aromatic carbocycles. The van der Waals surface area contributed by atoms with Crippen LogP contribution in [0.15, 0.2) is 24.5 Å². The third kappa shape index (κ3) is 1.64. The minimum atomic E-state index is 0.0441. The van der Waals surface area contributed by atoms with Crippen LogP contribution in [0.4, 0.5) is 0 Å². The molecule has 0 radical (unpaired) electrons. The van der Waals surface area contributed by atoms with Gasteiger partial charge in [-0.05, 0) is 37.6 Å². The molecule has 1 atom stereocenters. The van der Waals surface area contributed by atoms with Gasteiger partial charge in [-0.3, -0.25) is 0 Å². The van der Waals surface area contributed by atoms with E-state index in [1.54, 1.807) is 6.33 Å². The summed E-state index contributed by atoms with van der Waals surface area (Å²) < 4.78 is 0. The number of hydrogen-bond acceptors (Lipinski definition) is 3. The van der Waals surface area contributed by atoms with Crippen molar-refractivity contribution in [1.82, 2.24) is 15.3 Å². The molecule has 1 unspecified atom stereocenters. The lowest BCUT2D eigenvalue weighted by molar-refractivity contribution is 0.175. The molecule has 1 fully saturated rings. The Bertz CT molecular complexity index is 530. The van der Waals surface area contributed by atoms with Crippen molar-refractivity contribution in [2.75, 3.05) is 13.7 Å². The third-order valence-electron chi connectivity index (χ3n) is 3.89. The topological polar surface area (TPSA) is 60.9 Å². The molecule has 0 aliphatic heterocycles. The number of benzene rings is 1. The van der Waals surface area contributed by atoms with E-state index in [9.17, 15) is 5.11 Å². The summed E-state index contributed by atoms with van der Waals surface area (Å²) in [5.74, 6) is 0. The molecular weight excluding hydrogens is 214 g/mol.